The van der Waals surface area contributed by atoms with Crippen molar-refractivity contribution in [1.82, 2.24) is 4.90 Å². The topological polar surface area (TPSA) is 69.1 Å². The SMILES string of the molecule is CCCCN(CC)C(=O)CN=[N+]=[N-]. The molecule has 5 nitrogen and oxygen atoms in total. The Kier molecular flexibility index (Phi) is 6.73. The monoisotopic (exact) mass is 184 g/mol. The van der Waals surface area contributed by atoms with Gasteiger partial charge in [0, 0.05) is 18.0 Å². The van der Waals surface area contributed by atoms with Gasteiger partial charge in [-0.2, -0.15) is 0 Å². The zero-order chi connectivity index (χ0) is 10.1. The molecule has 0 aromatic rings. The minimum Gasteiger partial charge on any atom is -0.343 e. The van der Waals surface area contributed by atoms with Crippen molar-refractivity contribution in [3.63, 3.8) is 0 Å². The van der Waals surface area contributed by atoms with Crippen LogP contribution < -0.4 is 0 Å². The number of likely N-dealkylation sites (N-methyl/N-ethyl adjacent to an activating group) is 1. The van der Waals surface area contributed by atoms with Gasteiger partial charge in [-0.05, 0) is 18.9 Å². The lowest BCUT2D eigenvalue weighted by atomic mass is 10.3. The maximum atomic E-state index is 11.3. The summed E-state index contributed by atoms with van der Waals surface area (Å²) in [5.74, 6) is -0.0891. The van der Waals surface area contributed by atoms with E-state index in [1.165, 1.54) is 0 Å². The standard InChI is InChI=1S/C8H16N4O/c1-3-5-6-12(4-2)8(13)7-10-11-9/h3-7H2,1-2H3. The lowest BCUT2D eigenvalue weighted by molar-refractivity contribution is -0.129. The van der Waals surface area contributed by atoms with Crippen LogP contribution in [-0.2, 0) is 4.79 Å². The van der Waals surface area contributed by atoms with Crippen molar-refractivity contribution in [1.29, 1.82) is 0 Å². The summed E-state index contributed by atoms with van der Waals surface area (Å²) in [6, 6.07) is 0. The first kappa shape index (κ1) is 11.8. The highest BCUT2D eigenvalue weighted by atomic mass is 16.2. The highest BCUT2D eigenvalue weighted by Gasteiger charge is 2.08. The molecule has 74 valence electrons. The summed E-state index contributed by atoms with van der Waals surface area (Å²) >= 11 is 0. The third-order valence-electron chi connectivity index (χ3n) is 1.79. The van der Waals surface area contributed by atoms with E-state index in [1.807, 2.05) is 6.92 Å². The third kappa shape index (κ3) is 5.09. The van der Waals surface area contributed by atoms with Gasteiger partial charge < -0.3 is 4.90 Å². The first-order valence-electron chi connectivity index (χ1n) is 4.54. The number of rotatable bonds is 6. The Morgan fingerprint density at radius 3 is 2.69 bits per heavy atom. The molecule has 5 heteroatoms. The number of amides is 1. The van der Waals surface area contributed by atoms with Crippen LogP contribution in [0.15, 0.2) is 5.11 Å². The predicted molar refractivity (Wildman–Crippen MR) is 51.2 cm³/mol. The van der Waals surface area contributed by atoms with Crippen LogP contribution in [0, 0.1) is 0 Å². The molecule has 13 heavy (non-hydrogen) atoms. The Balaban J connectivity index is 3.91. The van der Waals surface area contributed by atoms with E-state index in [0.29, 0.717) is 6.54 Å². The summed E-state index contributed by atoms with van der Waals surface area (Å²) in [5.41, 5.74) is 8.03. The van der Waals surface area contributed by atoms with Gasteiger partial charge in [-0.3, -0.25) is 4.79 Å². The molecule has 1 amide bonds. The smallest absolute Gasteiger partial charge is 0.228 e. The van der Waals surface area contributed by atoms with Crippen molar-refractivity contribution in [3.8, 4) is 0 Å². The third-order valence-corrected chi connectivity index (χ3v) is 1.79. The molecule has 0 fully saturated rings. The van der Waals surface area contributed by atoms with E-state index in [0.717, 1.165) is 19.4 Å². The number of hydrogen-bond donors (Lipinski definition) is 0. The molecule has 0 heterocycles. The van der Waals surface area contributed by atoms with Crippen LogP contribution in [0.4, 0.5) is 0 Å². The molecule has 0 aromatic heterocycles. The van der Waals surface area contributed by atoms with Gasteiger partial charge in [0.1, 0.15) is 6.54 Å². The zero-order valence-electron chi connectivity index (χ0n) is 8.23. The summed E-state index contributed by atoms with van der Waals surface area (Å²) in [5, 5.41) is 3.24. The molecule has 0 rings (SSSR count). The highest BCUT2D eigenvalue weighted by Crippen LogP contribution is 1.96. The molecule has 0 unspecified atom stereocenters. The average molecular weight is 184 g/mol. The van der Waals surface area contributed by atoms with E-state index < -0.39 is 0 Å². The Bertz CT molecular complexity index is 198. The van der Waals surface area contributed by atoms with Crippen molar-refractivity contribution in [3.05, 3.63) is 10.4 Å². The minimum absolute atomic E-state index is 0.0615. The van der Waals surface area contributed by atoms with Crippen LogP contribution in [0.2, 0.25) is 0 Å². The first-order valence-corrected chi connectivity index (χ1v) is 4.54. The van der Waals surface area contributed by atoms with Crippen LogP contribution in [0.3, 0.4) is 0 Å². The Morgan fingerprint density at radius 2 is 2.23 bits per heavy atom. The summed E-state index contributed by atoms with van der Waals surface area (Å²) in [7, 11) is 0. The molecular formula is C8H16N4O. The molecule has 0 aromatic carbocycles. The largest absolute Gasteiger partial charge is 0.343 e. The number of hydrogen-bond acceptors (Lipinski definition) is 2. The van der Waals surface area contributed by atoms with Crippen LogP contribution >= 0.6 is 0 Å². The molecular weight excluding hydrogens is 168 g/mol. The minimum atomic E-state index is -0.0891. The maximum Gasteiger partial charge on any atom is 0.228 e. The van der Waals surface area contributed by atoms with Gasteiger partial charge in [0.2, 0.25) is 5.91 Å². The Hall–Kier alpha value is -1.22. The number of carbonyl (C=O) groups is 1. The first-order chi connectivity index (χ1) is 6.26. The van der Waals surface area contributed by atoms with Gasteiger partial charge in [-0.1, -0.05) is 18.5 Å². The van der Waals surface area contributed by atoms with E-state index in [9.17, 15) is 4.79 Å². The van der Waals surface area contributed by atoms with Crippen LogP contribution in [0.25, 0.3) is 10.4 Å². The van der Waals surface area contributed by atoms with Crippen molar-refractivity contribution in [2.24, 2.45) is 5.11 Å². The van der Waals surface area contributed by atoms with Crippen molar-refractivity contribution in [2.75, 3.05) is 19.6 Å². The van der Waals surface area contributed by atoms with Gasteiger partial charge in [-0.15, -0.1) is 0 Å². The maximum absolute atomic E-state index is 11.3. The fourth-order valence-corrected chi connectivity index (χ4v) is 1.00. The second-order valence-electron chi connectivity index (χ2n) is 2.72. The van der Waals surface area contributed by atoms with Crippen LogP contribution in [-0.4, -0.2) is 30.4 Å². The summed E-state index contributed by atoms with van der Waals surface area (Å²) in [4.78, 5) is 15.6. The summed E-state index contributed by atoms with van der Waals surface area (Å²) in [6.07, 6.45) is 2.06. The molecule has 0 spiro atoms. The molecule has 0 aliphatic heterocycles. The molecule has 0 saturated heterocycles. The van der Waals surface area contributed by atoms with Gasteiger partial charge in [0.15, 0.2) is 0 Å². The molecule has 0 bridgehead atoms. The summed E-state index contributed by atoms with van der Waals surface area (Å²) < 4.78 is 0. The molecule has 0 atom stereocenters. The van der Waals surface area contributed by atoms with Crippen molar-refractivity contribution < 1.29 is 4.79 Å². The summed E-state index contributed by atoms with van der Waals surface area (Å²) in [6.45, 7) is 5.37. The Labute approximate surface area is 78.3 Å². The van der Waals surface area contributed by atoms with Gasteiger partial charge in [0.25, 0.3) is 0 Å². The predicted octanol–water partition coefficient (Wildman–Crippen LogP) is 1.95. The molecule has 0 saturated carbocycles. The van der Waals surface area contributed by atoms with Gasteiger partial charge >= 0.3 is 0 Å². The van der Waals surface area contributed by atoms with Crippen LogP contribution in [0.1, 0.15) is 26.7 Å². The van der Waals surface area contributed by atoms with E-state index in [-0.39, 0.29) is 12.5 Å². The van der Waals surface area contributed by atoms with Gasteiger partial charge in [0.05, 0.1) is 0 Å². The van der Waals surface area contributed by atoms with E-state index in [4.69, 9.17) is 5.53 Å². The molecule has 0 N–H and O–H groups in total. The van der Waals surface area contributed by atoms with E-state index in [1.54, 1.807) is 4.90 Å². The average Bonchev–Trinajstić information content (AvgIpc) is 2.16. The Morgan fingerprint density at radius 1 is 1.54 bits per heavy atom. The number of azide groups is 1. The van der Waals surface area contributed by atoms with Crippen LogP contribution in [0.5, 0.6) is 0 Å². The fourth-order valence-electron chi connectivity index (χ4n) is 1.00. The zero-order valence-corrected chi connectivity index (χ0v) is 8.23. The van der Waals surface area contributed by atoms with Crippen molar-refractivity contribution in [2.45, 2.75) is 26.7 Å². The van der Waals surface area contributed by atoms with E-state index >= 15 is 0 Å². The molecule has 0 radical (unpaired) electrons. The van der Waals surface area contributed by atoms with Gasteiger partial charge in [-0.25, -0.2) is 0 Å². The normalized spacial score (nSPS) is 9.08. The molecule has 0 aliphatic carbocycles. The molecule has 0 aliphatic rings. The number of nitrogens with zero attached hydrogens (tertiary/aromatic N) is 4. The van der Waals surface area contributed by atoms with Crippen molar-refractivity contribution >= 4 is 5.91 Å². The van der Waals surface area contributed by atoms with E-state index in [2.05, 4.69) is 16.9 Å². The quantitative estimate of drug-likeness (QED) is 0.353. The lowest BCUT2D eigenvalue weighted by Gasteiger charge is -2.19. The number of carbonyl (C=O) groups excluding carboxylic acids is 1. The second kappa shape index (κ2) is 7.43. The highest BCUT2D eigenvalue weighted by molar-refractivity contribution is 5.78. The fraction of sp³-hybridized carbons (Fsp3) is 0.875. The number of unbranched alkanes of at least 4 members (excludes halogenated alkanes) is 1. The lowest BCUT2D eigenvalue weighted by Crippen LogP contribution is -2.33. The second-order valence-corrected chi connectivity index (χ2v) is 2.72.